The largest absolute Gasteiger partial charge is 0.416 e. The Kier molecular flexibility index (Phi) is 5.41. The number of benzene rings is 2. The molecule has 1 N–H and O–H groups in total. The van der Waals surface area contributed by atoms with E-state index in [0.717, 1.165) is 12.1 Å². The predicted octanol–water partition coefficient (Wildman–Crippen LogP) is 5.99. The minimum Gasteiger partial charge on any atom is -0.309 e. The maximum Gasteiger partial charge on any atom is 0.416 e. The summed E-state index contributed by atoms with van der Waals surface area (Å²) in [6, 6.07) is 13.8. The standard InChI is InChI=1S/C22H14ClF4N3O/c23-16-3-1-2-14(11-16)20-21(28-18-9-8-17(24)12-30(18)20)29-19(31)10-13-4-6-15(7-5-13)22(25,26)27/h1-9,11-12H,10H2,(H,29,31). The molecule has 0 aliphatic rings. The first-order valence-electron chi connectivity index (χ1n) is 9.10. The SMILES string of the molecule is O=C(Cc1ccc(C(F)(F)F)cc1)Nc1nc2ccc(F)cn2c1-c1cccc(Cl)c1. The first kappa shape index (κ1) is 20.9. The van der Waals surface area contributed by atoms with Crippen LogP contribution >= 0.6 is 11.6 Å². The van der Waals surface area contributed by atoms with Crippen LogP contribution in [0.2, 0.25) is 5.02 Å². The van der Waals surface area contributed by atoms with Crippen LogP contribution in [-0.4, -0.2) is 15.3 Å². The zero-order chi connectivity index (χ0) is 22.2. The maximum atomic E-state index is 13.8. The molecule has 0 aliphatic heterocycles. The Morgan fingerprint density at radius 2 is 1.81 bits per heavy atom. The van der Waals surface area contributed by atoms with Gasteiger partial charge in [-0.2, -0.15) is 13.2 Å². The van der Waals surface area contributed by atoms with Crippen molar-refractivity contribution >= 4 is 29.0 Å². The summed E-state index contributed by atoms with van der Waals surface area (Å²) < 4.78 is 53.5. The molecule has 0 radical (unpaired) electrons. The third kappa shape index (κ3) is 4.54. The quantitative estimate of drug-likeness (QED) is 0.390. The fourth-order valence-corrected chi connectivity index (χ4v) is 3.38. The number of imidazole rings is 1. The topological polar surface area (TPSA) is 46.4 Å². The van der Waals surface area contributed by atoms with Crippen molar-refractivity contribution < 1.29 is 22.4 Å². The molecule has 4 rings (SSSR count). The lowest BCUT2D eigenvalue weighted by atomic mass is 10.1. The molecule has 0 fully saturated rings. The molecule has 4 nitrogen and oxygen atoms in total. The zero-order valence-corrected chi connectivity index (χ0v) is 16.5. The number of pyridine rings is 1. The van der Waals surface area contributed by atoms with Crippen LogP contribution in [0.25, 0.3) is 16.9 Å². The van der Waals surface area contributed by atoms with Gasteiger partial charge in [-0.3, -0.25) is 9.20 Å². The summed E-state index contributed by atoms with van der Waals surface area (Å²) in [5.74, 6) is -0.785. The molecule has 2 aromatic carbocycles. The fourth-order valence-electron chi connectivity index (χ4n) is 3.19. The number of hydrogen-bond acceptors (Lipinski definition) is 2. The Hall–Kier alpha value is -3.39. The van der Waals surface area contributed by atoms with E-state index in [1.165, 1.54) is 34.9 Å². The van der Waals surface area contributed by atoms with Crippen LogP contribution in [0.1, 0.15) is 11.1 Å². The summed E-state index contributed by atoms with van der Waals surface area (Å²) in [5, 5.41) is 3.12. The molecule has 2 aromatic heterocycles. The Balaban J connectivity index is 1.65. The van der Waals surface area contributed by atoms with E-state index >= 15 is 0 Å². The molecule has 0 saturated heterocycles. The van der Waals surface area contributed by atoms with Crippen molar-refractivity contribution in [3.8, 4) is 11.3 Å². The number of amides is 1. The van der Waals surface area contributed by atoms with Gasteiger partial charge in [-0.05, 0) is 42.0 Å². The van der Waals surface area contributed by atoms with Crippen LogP contribution in [-0.2, 0) is 17.4 Å². The number of rotatable bonds is 4. The molecular weight excluding hydrogens is 434 g/mol. The molecular formula is C22H14ClF4N3O. The summed E-state index contributed by atoms with van der Waals surface area (Å²) in [6.07, 6.45) is -3.36. The molecule has 0 atom stereocenters. The molecule has 0 spiro atoms. The maximum absolute atomic E-state index is 13.8. The zero-order valence-electron chi connectivity index (χ0n) is 15.8. The number of carbonyl (C=O) groups excluding carboxylic acids is 1. The summed E-state index contributed by atoms with van der Waals surface area (Å²) in [6.45, 7) is 0. The van der Waals surface area contributed by atoms with Gasteiger partial charge in [0, 0.05) is 16.8 Å². The lowest BCUT2D eigenvalue weighted by molar-refractivity contribution is -0.137. The van der Waals surface area contributed by atoms with Gasteiger partial charge in [0.2, 0.25) is 5.91 Å². The van der Waals surface area contributed by atoms with Gasteiger partial charge in [-0.15, -0.1) is 0 Å². The van der Waals surface area contributed by atoms with Crippen LogP contribution in [0.5, 0.6) is 0 Å². The van der Waals surface area contributed by atoms with Gasteiger partial charge in [-0.1, -0.05) is 35.9 Å². The molecule has 0 saturated carbocycles. The van der Waals surface area contributed by atoms with E-state index in [0.29, 0.717) is 27.5 Å². The Labute approximate surface area is 179 Å². The van der Waals surface area contributed by atoms with E-state index in [4.69, 9.17) is 11.6 Å². The third-order valence-corrected chi connectivity index (χ3v) is 4.82. The van der Waals surface area contributed by atoms with E-state index in [-0.39, 0.29) is 12.2 Å². The smallest absolute Gasteiger partial charge is 0.309 e. The lowest BCUT2D eigenvalue weighted by Crippen LogP contribution is -2.15. The number of nitrogens with zero attached hydrogens (tertiary/aromatic N) is 2. The first-order chi connectivity index (χ1) is 14.7. The average molecular weight is 448 g/mol. The van der Waals surface area contributed by atoms with E-state index in [1.807, 2.05) is 0 Å². The number of aromatic nitrogens is 2. The summed E-state index contributed by atoms with van der Waals surface area (Å²) in [5.41, 5.74) is 1.06. The number of fused-ring (bicyclic) bond motifs is 1. The second kappa shape index (κ2) is 8.03. The second-order valence-electron chi connectivity index (χ2n) is 6.81. The highest BCUT2D eigenvalue weighted by Gasteiger charge is 2.30. The number of nitrogens with one attached hydrogen (secondary N) is 1. The summed E-state index contributed by atoms with van der Waals surface area (Å²) in [7, 11) is 0. The van der Waals surface area contributed by atoms with Crippen molar-refractivity contribution in [2.45, 2.75) is 12.6 Å². The molecule has 158 valence electrons. The van der Waals surface area contributed by atoms with E-state index in [2.05, 4.69) is 10.3 Å². The lowest BCUT2D eigenvalue weighted by Gasteiger charge is -2.09. The number of hydrogen-bond donors (Lipinski definition) is 1. The molecule has 9 heteroatoms. The van der Waals surface area contributed by atoms with Gasteiger partial charge in [0.1, 0.15) is 11.5 Å². The predicted molar refractivity (Wildman–Crippen MR) is 109 cm³/mol. The van der Waals surface area contributed by atoms with Crippen molar-refractivity contribution in [3.63, 3.8) is 0 Å². The van der Waals surface area contributed by atoms with Crippen molar-refractivity contribution in [1.82, 2.24) is 9.38 Å². The number of halogens is 5. The Bertz CT molecular complexity index is 1270. The highest BCUT2D eigenvalue weighted by atomic mass is 35.5. The molecule has 4 aromatic rings. The van der Waals surface area contributed by atoms with Gasteiger partial charge in [-0.25, -0.2) is 9.37 Å². The van der Waals surface area contributed by atoms with Gasteiger partial charge in [0.05, 0.1) is 17.7 Å². The van der Waals surface area contributed by atoms with Crippen molar-refractivity contribution in [1.29, 1.82) is 0 Å². The van der Waals surface area contributed by atoms with Crippen LogP contribution in [0, 0.1) is 5.82 Å². The average Bonchev–Trinajstić information content (AvgIpc) is 3.04. The minimum atomic E-state index is -4.45. The molecule has 1 amide bonds. The number of carbonyl (C=O) groups is 1. The van der Waals surface area contributed by atoms with Gasteiger partial charge < -0.3 is 5.32 Å². The van der Waals surface area contributed by atoms with Crippen molar-refractivity contribution in [2.75, 3.05) is 5.32 Å². The number of anilines is 1. The van der Waals surface area contributed by atoms with E-state index in [1.54, 1.807) is 24.3 Å². The van der Waals surface area contributed by atoms with Gasteiger partial charge in [0.15, 0.2) is 5.82 Å². The molecule has 0 unspecified atom stereocenters. The molecule has 0 bridgehead atoms. The van der Waals surface area contributed by atoms with Crippen LogP contribution in [0.15, 0.2) is 66.9 Å². The Morgan fingerprint density at radius 3 is 2.48 bits per heavy atom. The fraction of sp³-hybridized carbons (Fsp3) is 0.0909. The third-order valence-electron chi connectivity index (χ3n) is 4.58. The second-order valence-corrected chi connectivity index (χ2v) is 7.25. The number of alkyl halides is 3. The van der Waals surface area contributed by atoms with Crippen molar-refractivity contribution in [2.24, 2.45) is 0 Å². The van der Waals surface area contributed by atoms with Crippen LogP contribution < -0.4 is 5.32 Å². The molecule has 31 heavy (non-hydrogen) atoms. The normalized spacial score (nSPS) is 11.6. The minimum absolute atomic E-state index is 0.157. The van der Waals surface area contributed by atoms with E-state index in [9.17, 15) is 22.4 Å². The van der Waals surface area contributed by atoms with Gasteiger partial charge in [0.25, 0.3) is 0 Å². The summed E-state index contributed by atoms with van der Waals surface area (Å²) in [4.78, 5) is 16.9. The molecule has 2 heterocycles. The first-order valence-corrected chi connectivity index (χ1v) is 9.48. The van der Waals surface area contributed by atoms with Crippen LogP contribution in [0.4, 0.5) is 23.4 Å². The van der Waals surface area contributed by atoms with Crippen LogP contribution in [0.3, 0.4) is 0 Å². The monoisotopic (exact) mass is 447 g/mol. The Morgan fingerprint density at radius 1 is 1.06 bits per heavy atom. The molecule has 0 aliphatic carbocycles. The van der Waals surface area contributed by atoms with E-state index < -0.39 is 23.5 Å². The van der Waals surface area contributed by atoms with Gasteiger partial charge >= 0.3 is 6.18 Å². The highest BCUT2D eigenvalue weighted by Crippen LogP contribution is 2.32. The summed E-state index contributed by atoms with van der Waals surface area (Å²) >= 11 is 6.08. The van der Waals surface area contributed by atoms with Crippen molar-refractivity contribution in [3.05, 3.63) is 88.8 Å². The highest BCUT2D eigenvalue weighted by molar-refractivity contribution is 6.30.